The minimum atomic E-state index is -0.397. The Bertz CT molecular complexity index is 495. The van der Waals surface area contributed by atoms with Gasteiger partial charge in [-0.2, -0.15) is 0 Å². The molecule has 2 aromatic carbocycles. The van der Waals surface area contributed by atoms with Gasteiger partial charge in [0.2, 0.25) is 0 Å². The second-order valence-electron chi connectivity index (χ2n) is 4.60. The van der Waals surface area contributed by atoms with E-state index in [9.17, 15) is 5.11 Å². The van der Waals surface area contributed by atoms with Gasteiger partial charge in [0.15, 0.2) is 0 Å². The molecule has 2 unspecified atom stereocenters. The van der Waals surface area contributed by atoms with Gasteiger partial charge in [-0.15, -0.1) is 0 Å². The molecule has 2 atom stereocenters. The third kappa shape index (κ3) is 3.34. The monoisotopic (exact) mass is 260 g/mol. The van der Waals surface area contributed by atoms with E-state index in [1.807, 2.05) is 61.5 Å². The third-order valence-corrected chi connectivity index (χ3v) is 3.47. The molecule has 1 nitrogen and oxygen atoms in total. The normalized spacial score (nSPS) is 14.2. The zero-order valence-electron chi connectivity index (χ0n) is 10.4. The van der Waals surface area contributed by atoms with Crippen LogP contribution >= 0.6 is 11.6 Å². The van der Waals surface area contributed by atoms with Crippen LogP contribution in [0.4, 0.5) is 0 Å². The Morgan fingerprint density at radius 3 is 2.44 bits per heavy atom. The van der Waals surface area contributed by atoms with Gasteiger partial charge in [-0.25, -0.2) is 0 Å². The van der Waals surface area contributed by atoms with E-state index in [-0.39, 0.29) is 5.92 Å². The van der Waals surface area contributed by atoms with Crippen LogP contribution in [0.25, 0.3) is 0 Å². The van der Waals surface area contributed by atoms with Crippen LogP contribution in [-0.2, 0) is 6.42 Å². The molecule has 94 valence electrons. The van der Waals surface area contributed by atoms with Crippen molar-refractivity contribution in [2.24, 2.45) is 0 Å². The fourth-order valence-electron chi connectivity index (χ4n) is 2.06. The van der Waals surface area contributed by atoms with Gasteiger partial charge in [0.25, 0.3) is 0 Å². The molecule has 0 spiro atoms. The summed E-state index contributed by atoms with van der Waals surface area (Å²) >= 11 is 5.94. The highest BCUT2D eigenvalue weighted by molar-refractivity contribution is 6.30. The van der Waals surface area contributed by atoms with Crippen LogP contribution in [0.3, 0.4) is 0 Å². The number of hydrogen-bond acceptors (Lipinski definition) is 1. The Balaban J connectivity index is 2.06. The highest BCUT2D eigenvalue weighted by Crippen LogP contribution is 2.22. The van der Waals surface area contributed by atoms with Crippen LogP contribution in [0.5, 0.6) is 0 Å². The molecule has 0 aliphatic carbocycles. The van der Waals surface area contributed by atoms with E-state index in [2.05, 4.69) is 0 Å². The van der Waals surface area contributed by atoms with Crippen LogP contribution in [-0.4, -0.2) is 11.2 Å². The molecule has 1 N–H and O–H groups in total. The van der Waals surface area contributed by atoms with Gasteiger partial charge >= 0.3 is 0 Å². The molecular weight excluding hydrogens is 244 g/mol. The summed E-state index contributed by atoms with van der Waals surface area (Å²) in [5, 5.41) is 11.0. The summed E-state index contributed by atoms with van der Waals surface area (Å²) < 4.78 is 0. The van der Waals surface area contributed by atoms with Crippen LogP contribution in [0.1, 0.15) is 24.0 Å². The highest BCUT2D eigenvalue weighted by Gasteiger charge is 2.16. The lowest BCUT2D eigenvalue weighted by Crippen LogP contribution is -2.18. The van der Waals surface area contributed by atoms with Gasteiger partial charge in [-0.1, -0.05) is 61.0 Å². The van der Waals surface area contributed by atoms with Crippen molar-refractivity contribution in [3.63, 3.8) is 0 Å². The summed E-state index contributed by atoms with van der Waals surface area (Å²) in [6.07, 6.45) is 0.224. The van der Waals surface area contributed by atoms with E-state index >= 15 is 0 Å². The van der Waals surface area contributed by atoms with E-state index in [4.69, 9.17) is 11.6 Å². The van der Waals surface area contributed by atoms with Gasteiger partial charge in [0, 0.05) is 10.9 Å². The maximum Gasteiger partial charge on any atom is 0.0646 e. The van der Waals surface area contributed by atoms with Crippen molar-refractivity contribution >= 4 is 11.6 Å². The summed E-state index contributed by atoms with van der Waals surface area (Å²) in [7, 11) is 0. The zero-order valence-corrected chi connectivity index (χ0v) is 11.1. The van der Waals surface area contributed by atoms with Crippen molar-refractivity contribution in [1.29, 1.82) is 0 Å². The molecule has 2 heteroatoms. The Morgan fingerprint density at radius 1 is 1.06 bits per heavy atom. The van der Waals surface area contributed by atoms with Crippen LogP contribution in [0, 0.1) is 0 Å². The van der Waals surface area contributed by atoms with E-state index in [0.29, 0.717) is 11.4 Å². The molecule has 0 bridgehead atoms. The van der Waals surface area contributed by atoms with Gasteiger partial charge in [0.05, 0.1) is 6.10 Å². The topological polar surface area (TPSA) is 20.2 Å². The lowest BCUT2D eigenvalue weighted by molar-refractivity contribution is 0.149. The molecule has 0 heterocycles. The molecule has 0 fully saturated rings. The maximum absolute atomic E-state index is 10.3. The molecule has 0 aliphatic rings. The van der Waals surface area contributed by atoms with Crippen molar-refractivity contribution in [2.75, 3.05) is 0 Å². The number of hydrogen-bond donors (Lipinski definition) is 1. The molecule has 2 aromatic rings. The molecular formula is C16H17ClO. The fourth-order valence-corrected chi connectivity index (χ4v) is 2.27. The number of aliphatic hydroxyl groups excluding tert-OH is 1. The Morgan fingerprint density at radius 2 is 1.78 bits per heavy atom. The molecule has 0 aromatic heterocycles. The molecule has 0 aliphatic heterocycles. The van der Waals surface area contributed by atoms with E-state index in [1.54, 1.807) is 0 Å². The standard InChI is InChI=1S/C16H17ClO/c1-12(14-7-3-2-4-8-14)16(18)11-13-6-5-9-15(17)10-13/h2-10,12,16,18H,11H2,1H3. The molecule has 0 radical (unpaired) electrons. The Kier molecular flexibility index (Phi) is 4.40. The van der Waals surface area contributed by atoms with Crippen LogP contribution < -0.4 is 0 Å². The van der Waals surface area contributed by atoms with Gasteiger partial charge in [-0.05, 0) is 29.7 Å². The summed E-state index contributed by atoms with van der Waals surface area (Å²) in [4.78, 5) is 0. The second-order valence-corrected chi connectivity index (χ2v) is 5.04. The average molecular weight is 261 g/mol. The smallest absolute Gasteiger partial charge is 0.0646 e. The molecule has 0 saturated heterocycles. The summed E-state index contributed by atoms with van der Waals surface area (Å²) in [6, 6.07) is 17.7. The third-order valence-electron chi connectivity index (χ3n) is 3.24. The minimum Gasteiger partial charge on any atom is -0.392 e. The number of benzene rings is 2. The largest absolute Gasteiger partial charge is 0.392 e. The predicted molar refractivity (Wildman–Crippen MR) is 76.0 cm³/mol. The summed E-state index contributed by atoms with van der Waals surface area (Å²) in [5.74, 6) is 0.116. The molecule has 18 heavy (non-hydrogen) atoms. The highest BCUT2D eigenvalue weighted by atomic mass is 35.5. The van der Waals surface area contributed by atoms with Crippen LogP contribution in [0.2, 0.25) is 5.02 Å². The van der Waals surface area contributed by atoms with Gasteiger partial charge in [0.1, 0.15) is 0 Å². The Hall–Kier alpha value is -1.31. The molecule has 2 rings (SSSR count). The summed E-state index contributed by atoms with van der Waals surface area (Å²) in [6.45, 7) is 2.05. The number of aliphatic hydroxyl groups is 1. The van der Waals surface area contributed by atoms with Crippen molar-refractivity contribution < 1.29 is 5.11 Å². The van der Waals surface area contributed by atoms with Gasteiger partial charge < -0.3 is 5.11 Å². The lowest BCUT2D eigenvalue weighted by atomic mass is 9.91. The summed E-state index contributed by atoms with van der Waals surface area (Å²) in [5.41, 5.74) is 2.23. The van der Waals surface area contributed by atoms with Crippen molar-refractivity contribution in [2.45, 2.75) is 25.4 Å². The number of halogens is 1. The Labute approximate surface area is 113 Å². The SMILES string of the molecule is CC(c1ccccc1)C(O)Cc1cccc(Cl)c1. The minimum absolute atomic E-state index is 0.116. The first-order valence-corrected chi connectivity index (χ1v) is 6.52. The lowest BCUT2D eigenvalue weighted by Gasteiger charge is -2.19. The first-order valence-electron chi connectivity index (χ1n) is 6.14. The fraction of sp³-hybridized carbons (Fsp3) is 0.250. The zero-order chi connectivity index (χ0) is 13.0. The first kappa shape index (κ1) is 13.1. The predicted octanol–water partition coefficient (Wildman–Crippen LogP) is 4.05. The quantitative estimate of drug-likeness (QED) is 0.879. The maximum atomic E-state index is 10.3. The number of rotatable bonds is 4. The van der Waals surface area contributed by atoms with E-state index < -0.39 is 6.10 Å². The molecule has 0 amide bonds. The van der Waals surface area contributed by atoms with Crippen LogP contribution in [0.15, 0.2) is 54.6 Å². The van der Waals surface area contributed by atoms with E-state index in [1.165, 1.54) is 0 Å². The second kappa shape index (κ2) is 6.03. The van der Waals surface area contributed by atoms with Crippen molar-refractivity contribution in [3.05, 3.63) is 70.7 Å². The molecule has 0 saturated carbocycles. The van der Waals surface area contributed by atoms with Crippen molar-refractivity contribution in [1.82, 2.24) is 0 Å². The van der Waals surface area contributed by atoms with Gasteiger partial charge in [-0.3, -0.25) is 0 Å². The average Bonchev–Trinajstić information content (AvgIpc) is 2.39. The van der Waals surface area contributed by atoms with E-state index in [0.717, 1.165) is 11.1 Å². The van der Waals surface area contributed by atoms with Crippen molar-refractivity contribution in [3.8, 4) is 0 Å². The first-order chi connectivity index (χ1) is 8.66.